The Morgan fingerprint density at radius 2 is 1.08 bits per heavy atom. The van der Waals surface area contributed by atoms with E-state index in [2.05, 4.69) is 39.4 Å². The van der Waals surface area contributed by atoms with Gasteiger partial charge in [0.1, 0.15) is 36.1 Å². The molecule has 0 fully saturated rings. The Morgan fingerprint density at radius 1 is 0.549 bits per heavy atom. The Morgan fingerprint density at radius 3 is 1.72 bits per heavy atom. The van der Waals surface area contributed by atoms with E-state index in [9.17, 15) is 19.2 Å². The van der Waals surface area contributed by atoms with Gasteiger partial charge in [0.05, 0.1) is 40.1 Å². The van der Waals surface area contributed by atoms with Gasteiger partial charge in [0.2, 0.25) is 11.8 Å². The highest BCUT2D eigenvalue weighted by molar-refractivity contribution is 5.88. The quantitative estimate of drug-likeness (QED) is 0.0992. The van der Waals surface area contributed by atoms with Gasteiger partial charge >= 0.3 is 0 Å². The van der Waals surface area contributed by atoms with Gasteiger partial charge in [0.15, 0.2) is 0 Å². The molecule has 12 rings (SSSR count). The predicted octanol–water partition coefficient (Wildman–Crippen LogP) is 8.93. The fourth-order valence-corrected chi connectivity index (χ4v) is 10.1. The number of benzene rings is 5. The van der Waals surface area contributed by atoms with E-state index in [0.717, 1.165) is 49.8 Å². The molecule has 5 aromatic heterocycles. The third-order valence-corrected chi connectivity index (χ3v) is 13.5. The molecule has 71 heavy (non-hydrogen) atoms. The zero-order valence-corrected chi connectivity index (χ0v) is 39.2. The molecule has 0 unspecified atom stereocenters. The van der Waals surface area contributed by atoms with E-state index in [1.807, 2.05) is 134 Å². The number of amides is 2. The largest absolute Gasteiger partial charge is 0.489 e. The highest BCUT2D eigenvalue weighted by Crippen LogP contribution is 2.33. The van der Waals surface area contributed by atoms with E-state index in [1.54, 1.807) is 33.7 Å². The van der Waals surface area contributed by atoms with Crippen molar-refractivity contribution in [2.45, 2.75) is 70.3 Å². The third kappa shape index (κ3) is 8.84. The molecule has 0 spiro atoms. The number of aromatic nitrogens is 7. The molecule has 14 nitrogen and oxygen atoms in total. The van der Waals surface area contributed by atoms with Crippen LogP contribution in [0.2, 0.25) is 0 Å². The van der Waals surface area contributed by atoms with Crippen LogP contribution in [0.5, 0.6) is 5.75 Å². The van der Waals surface area contributed by atoms with E-state index in [-0.39, 0.29) is 29.0 Å². The summed E-state index contributed by atoms with van der Waals surface area (Å²) in [7, 11) is 0. The molecule has 4 atom stereocenters. The van der Waals surface area contributed by atoms with Gasteiger partial charge in [-0.3, -0.25) is 33.3 Å². The number of rotatable bonds is 11. The van der Waals surface area contributed by atoms with Crippen LogP contribution in [-0.2, 0) is 35.5 Å². The van der Waals surface area contributed by atoms with Crippen molar-refractivity contribution in [3.05, 3.63) is 213 Å². The topological polar surface area (TPSA) is 182 Å². The van der Waals surface area contributed by atoms with Gasteiger partial charge in [-0.05, 0) is 83.5 Å². The molecule has 0 saturated carbocycles. The average Bonchev–Trinajstić information content (AvgIpc) is 4.00. The molecule has 4 N–H and O–H groups in total. The summed E-state index contributed by atoms with van der Waals surface area (Å²) in [5.41, 5.74) is 6.90. The Kier molecular flexibility index (Phi) is 12.0. The van der Waals surface area contributed by atoms with Crippen LogP contribution in [0.15, 0.2) is 168 Å². The molecule has 2 aliphatic rings. The van der Waals surface area contributed by atoms with Gasteiger partial charge in [-0.25, -0.2) is 9.97 Å². The van der Waals surface area contributed by atoms with Gasteiger partial charge in [0, 0.05) is 53.2 Å². The number of H-pyrrole nitrogens is 2. The van der Waals surface area contributed by atoms with Crippen LogP contribution in [0.3, 0.4) is 0 Å². The van der Waals surface area contributed by atoms with E-state index < -0.39 is 18.1 Å². The second-order valence-electron chi connectivity index (χ2n) is 18.7. The minimum Gasteiger partial charge on any atom is -0.489 e. The minimum atomic E-state index is -0.709. The molecule has 7 heterocycles. The van der Waals surface area contributed by atoms with Crippen molar-refractivity contribution < 1.29 is 14.3 Å². The highest BCUT2D eigenvalue weighted by Gasteiger charge is 2.38. The lowest BCUT2D eigenvalue weighted by Crippen LogP contribution is -2.49. The molecule has 0 bridgehead atoms. The summed E-state index contributed by atoms with van der Waals surface area (Å²) in [5, 5.41) is 9.39. The van der Waals surface area contributed by atoms with E-state index in [0.29, 0.717) is 71.7 Å². The van der Waals surface area contributed by atoms with Gasteiger partial charge in [-0.2, -0.15) is 0 Å². The Labute approximate surface area is 407 Å². The normalized spacial score (nSPS) is 17.4. The van der Waals surface area contributed by atoms with Crippen LogP contribution in [0.25, 0.3) is 43.6 Å². The first-order chi connectivity index (χ1) is 34.7. The molecule has 0 aliphatic carbocycles. The Hall–Kier alpha value is -8.65. The maximum atomic E-state index is 13.9. The number of hydrogen-bond donors (Lipinski definition) is 4. The fourth-order valence-electron chi connectivity index (χ4n) is 10.1. The van der Waals surface area contributed by atoms with Crippen LogP contribution in [-0.4, -0.2) is 45.9 Å². The molecular formula is C57H51N9O5. The molecule has 0 saturated heterocycles. The zero-order valence-electron chi connectivity index (χ0n) is 39.2. The van der Waals surface area contributed by atoms with E-state index >= 15 is 0 Å². The van der Waals surface area contributed by atoms with Crippen LogP contribution in [0, 0.1) is 5.92 Å². The minimum absolute atomic E-state index is 0.143. The summed E-state index contributed by atoms with van der Waals surface area (Å²) >= 11 is 0. The van der Waals surface area contributed by atoms with E-state index in [1.165, 1.54) is 0 Å². The van der Waals surface area contributed by atoms with Crippen molar-refractivity contribution in [1.82, 2.24) is 44.7 Å². The summed E-state index contributed by atoms with van der Waals surface area (Å²) in [6.07, 6.45) is 9.03. The smallest absolute Gasteiger partial charge is 0.262 e. The molecule has 14 heteroatoms. The van der Waals surface area contributed by atoms with Crippen LogP contribution >= 0.6 is 0 Å². The van der Waals surface area contributed by atoms with Crippen molar-refractivity contribution in [2.24, 2.45) is 5.92 Å². The first-order valence-corrected chi connectivity index (χ1v) is 24.0. The number of aromatic amines is 2. The number of carbonyl (C=O) groups excluding carboxylic acids is 2. The van der Waals surface area contributed by atoms with Gasteiger partial charge < -0.3 is 25.3 Å². The molecule has 2 amide bonds. The summed E-state index contributed by atoms with van der Waals surface area (Å²) in [4.78, 5) is 74.5. The van der Waals surface area contributed by atoms with Crippen molar-refractivity contribution >= 4 is 55.4 Å². The average molecular weight is 942 g/mol. The van der Waals surface area contributed by atoms with Crippen molar-refractivity contribution in [2.75, 3.05) is 0 Å². The van der Waals surface area contributed by atoms with Gasteiger partial charge in [-0.1, -0.05) is 105 Å². The summed E-state index contributed by atoms with van der Waals surface area (Å²) in [6, 6.07) is 40.7. The second-order valence-corrected chi connectivity index (χ2v) is 18.7. The fraction of sp³-hybridized carbons (Fsp3) is 0.211. The molecule has 10 aromatic rings. The van der Waals surface area contributed by atoms with Crippen LogP contribution in [0.4, 0.5) is 0 Å². The standard InChI is InChI=1S/C34H28N4O3.C23H23N5O2/c39-33-31(19-24-20-35-28-12-6-4-10-26(24)28)38-32(36-29-13-7-5-11-27(29)34(38)40)30(37-33)18-22-14-16-25(17-15-22)41-21-23-8-2-1-3-9-23;1-13(2)9-18-21-26-19-12-24-8-7-16(19)23(30)28(21)20(22(29)27-18)10-14-11-25-17-6-4-3-5-15(14)17/h1-17,20,30-31,35H,18-19,21H2,(H,37,39);3-8,11-13,18,20,25H,9-10H2,1-2H3,(H,27,29)/t30-,31-;18-,20+/m00/s1. The number of ether oxygens (including phenoxy) is 1. The lowest BCUT2D eigenvalue weighted by molar-refractivity contribution is -0.127. The first kappa shape index (κ1) is 44.8. The number of nitrogens with zero attached hydrogens (tertiary/aromatic N) is 5. The SMILES string of the molecule is CC(C)C[C@@H]1NC(=O)[C@@H](Cc2c[nH]c3ccccc23)n2c1nc1cnccc1c2=O.O=C1N[C@@H](Cc2ccc(OCc3ccccc3)cc2)c2nc3ccccc3c(=O)n2[C@H]1Cc1c[nH]c2ccccc12. The maximum absolute atomic E-state index is 13.9. The summed E-state index contributed by atoms with van der Waals surface area (Å²) in [6.45, 7) is 4.68. The molecular weight excluding hydrogens is 891 g/mol. The first-order valence-electron chi connectivity index (χ1n) is 24.0. The molecule has 354 valence electrons. The summed E-state index contributed by atoms with van der Waals surface area (Å²) in [5.74, 6) is 1.96. The zero-order chi connectivity index (χ0) is 48.6. The number of pyridine rings is 1. The number of fused-ring (bicyclic) bond motifs is 6. The van der Waals surface area contributed by atoms with Crippen molar-refractivity contribution in [3.8, 4) is 5.75 Å². The van der Waals surface area contributed by atoms with Crippen molar-refractivity contribution in [3.63, 3.8) is 0 Å². The van der Waals surface area contributed by atoms with Gasteiger partial charge in [0.25, 0.3) is 11.1 Å². The number of hydrogen-bond acceptors (Lipinski definition) is 8. The van der Waals surface area contributed by atoms with E-state index in [4.69, 9.17) is 14.7 Å². The number of nitrogens with one attached hydrogen (secondary N) is 4. The second kappa shape index (κ2) is 19.0. The third-order valence-electron chi connectivity index (χ3n) is 13.5. The number of carbonyl (C=O) groups is 2. The lowest BCUT2D eigenvalue weighted by Gasteiger charge is -2.33. The number of para-hydroxylation sites is 3. The van der Waals surface area contributed by atoms with Crippen molar-refractivity contribution in [1.29, 1.82) is 0 Å². The molecule has 5 aromatic carbocycles. The van der Waals surface area contributed by atoms with Crippen LogP contribution in [0.1, 0.15) is 78.3 Å². The highest BCUT2D eigenvalue weighted by atomic mass is 16.5. The maximum Gasteiger partial charge on any atom is 0.262 e. The Bertz CT molecular complexity index is 3730. The summed E-state index contributed by atoms with van der Waals surface area (Å²) < 4.78 is 9.16. The monoisotopic (exact) mass is 941 g/mol. The Balaban J connectivity index is 0.000000162. The van der Waals surface area contributed by atoms with Crippen LogP contribution < -0.4 is 26.5 Å². The molecule has 2 aliphatic heterocycles. The lowest BCUT2D eigenvalue weighted by atomic mass is 9.96. The van der Waals surface area contributed by atoms with Gasteiger partial charge in [-0.15, -0.1) is 0 Å². The molecule has 0 radical (unpaired) electrons. The predicted molar refractivity (Wildman–Crippen MR) is 274 cm³/mol.